The third-order valence-corrected chi connectivity index (χ3v) is 5.22. The van der Waals surface area contributed by atoms with E-state index in [1.807, 2.05) is 41.3 Å². The molecule has 0 aliphatic carbocycles. The van der Waals surface area contributed by atoms with Gasteiger partial charge >= 0.3 is 0 Å². The molecule has 0 aromatic heterocycles. The van der Waals surface area contributed by atoms with Gasteiger partial charge in [-0.2, -0.15) is 5.26 Å². The van der Waals surface area contributed by atoms with Crippen LogP contribution < -0.4 is 4.74 Å². The lowest BCUT2D eigenvalue weighted by atomic mass is 10.1. The number of carbonyl (C=O) groups is 1. The molecule has 146 valence electrons. The predicted molar refractivity (Wildman–Crippen MR) is 109 cm³/mol. The first-order chi connectivity index (χ1) is 13.7. The number of nitriles is 1. The molecule has 5 nitrogen and oxygen atoms in total. The highest BCUT2D eigenvalue weighted by atomic mass is 16.5. The van der Waals surface area contributed by atoms with Gasteiger partial charge in [0, 0.05) is 39.1 Å². The van der Waals surface area contributed by atoms with E-state index in [-0.39, 0.29) is 5.91 Å². The Hall–Kier alpha value is -2.84. The van der Waals surface area contributed by atoms with Crippen molar-refractivity contribution in [1.29, 1.82) is 5.26 Å². The van der Waals surface area contributed by atoms with E-state index in [9.17, 15) is 4.79 Å². The molecule has 1 fully saturated rings. The molecule has 0 saturated carbocycles. The minimum atomic E-state index is 0.218. The van der Waals surface area contributed by atoms with E-state index in [4.69, 9.17) is 10.00 Å². The van der Waals surface area contributed by atoms with Gasteiger partial charge < -0.3 is 9.64 Å². The second kappa shape index (κ2) is 9.91. The molecule has 2 aromatic rings. The highest BCUT2D eigenvalue weighted by molar-refractivity contribution is 5.76. The van der Waals surface area contributed by atoms with Crippen LogP contribution in [0.15, 0.2) is 48.5 Å². The third kappa shape index (κ3) is 5.58. The van der Waals surface area contributed by atoms with Gasteiger partial charge in [-0.3, -0.25) is 9.69 Å². The van der Waals surface area contributed by atoms with Crippen molar-refractivity contribution in [3.8, 4) is 11.8 Å². The van der Waals surface area contributed by atoms with Crippen LogP contribution in [0.25, 0.3) is 0 Å². The van der Waals surface area contributed by atoms with E-state index in [2.05, 4.69) is 23.1 Å². The van der Waals surface area contributed by atoms with Crippen molar-refractivity contribution in [1.82, 2.24) is 9.80 Å². The fourth-order valence-corrected chi connectivity index (χ4v) is 3.52. The molecule has 1 saturated heterocycles. The lowest BCUT2D eigenvalue weighted by molar-refractivity contribution is -0.131. The highest BCUT2D eigenvalue weighted by Crippen LogP contribution is 2.15. The maximum Gasteiger partial charge on any atom is 0.222 e. The van der Waals surface area contributed by atoms with Gasteiger partial charge in [0.15, 0.2) is 0 Å². The molecule has 3 rings (SSSR count). The highest BCUT2D eigenvalue weighted by Gasteiger charge is 2.19. The summed E-state index contributed by atoms with van der Waals surface area (Å²) in [6.45, 7) is 4.41. The second-order valence-corrected chi connectivity index (χ2v) is 7.17. The Kier molecular flexibility index (Phi) is 7.05. The van der Waals surface area contributed by atoms with E-state index >= 15 is 0 Å². The van der Waals surface area contributed by atoms with Crippen molar-refractivity contribution in [3.63, 3.8) is 0 Å². The van der Waals surface area contributed by atoms with Gasteiger partial charge in [0.25, 0.3) is 0 Å². The van der Waals surface area contributed by atoms with Crippen LogP contribution in [0.4, 0.5) is 0 Å². The van der Waals surface area contributed by atoms with E-state index in [0.717, 1.165) is 56.9 Å². The number of methoxy groups -OCH3 is 1. The van der Waals surface area contributed by atoms with Crippen molar-refractivity contribution in [2.45, 2.75) is 25.8 Å². The Morgan fingerprint density at radius 3 is 2.39 bits per heavy atom. The molecule has 0 spiro atoms. The van der Waals surface area contributed by atoms with Crippen LogP contribution in [-0.2, 0) is 17.8 Å². The molecule has 0 unspecified atom stereocenters. The van der Waals surface area contributed by atoms with E-state index in [1.165, 1.54) is 5.56 Å². The Morgan fingerprint density at radius 2 is 1.71 bits per heavy atom. The maximum atomic E-state index is 12.6. The summed E-state index contributed by atoms with van der Waals surface area (Å²) in [5.41, 5.74) is 3.02. The molecule has 0 atom stereocenters. The Balaban J connectivity index is 1.46. The first-order valence-electron chi connectivity index (χ1n) is 9.80. The zero-order valence-corrected chi connectivity index (χ0v) is 16.4. The normalized spacial score (nSPS) is 14.9. The second-order valence-electron chi connectivity index (χ2n) is 7.17. The number of carbonyl (C=O) groups excluding carboxylic acids is 1. The smallest absolute Gasteiger partial charge is 0.222 e. The van der Waals surface area contributed by atoms with Crippen LogP contribution in [-0.4, -0.2) is 49.0 Å². The summed E-state index contributed by atoms with van der Waals surface area (Å²) in [6.07, 6.45) is 2.24. The van der Waals surface area contributed by atoms with Crippen LogP contribution >= 0.6 is 0 Å². The minimum Gasteiger partial charge on any atom is -0.497 e. The summed E-state index contributed by atoms with van der Waals surface area (Å²) in [4.78, 5) is 17.0. The first-order valence-corrected chi connectivity index (χ1v) is 9.80. The number of hydrogen-bond donors (Lipinski definition) is 0. The predicted octanol–water partition coefficient (Wildman–Crippen LogP) is 3.23. The topological polar surface area (TPSA) is 56.6 Å². The summed E-state index contributed by atoms with van der Waals surface area (Å²) < 4.78 is 5.21. The number of benzene rings is 2. The van der Waals surface area contributed by atoms with Crippen LogP contribution in [0.5, 0.6) is 5.75 Å². The number of nitrogens with zero attached hydrogens (tertiary/aromatic N) is 3. The molecule has 2 aromatic carbocycles. The molecular weight excluding hydrogens is 350 g/mol. The quantitative estimate of drug-likeness (QED) is 0.776. The molecule has 5 heteroatoms. The summed E-state index contributed by atoms with van der Waals surface area (Å²) in [5, 5.41) is 8.86. The van der Waals surface area contributed by atoms with E-state index in [1.54, 1.807) is 7.11 Å². The lowest BCUT2D eigenvalue weighted by Gasteiger charge is -2.22. The summed E-state index contributed by atoms with van der Waals surface area (Å²) in [6, 6.07) is 17.8. The van der Waals surface area contributed by atoms with Crippen molar-refractivity contribution in [3.05, 3.63) is 65.2 Å². The molecular formula is C23H27N3O2. The molecule has 1 aliphatic rings. The summed E-state index contributed by atoms with van der Waals surface area (Å²) >= 11 is 0. The number of hydrogen-bond acceptors (Lipinski definition) is 4. The number of amides is 1. The fraction of sp³-hybridized carbons (Fsp3) is 0.391. The average Bonchev–Trinajstić information content (AvgIpc) is 2.98. The molecule has 0 bridgehead atoms. The molecule has 1 amide bonds. The molecule has 1 aliphatic heterocycles. The SMILES string of the molecule is COc1ccc(CN2CCCN(C(=O)CCc3ccc(C#N)cc3)CC2)cc1. The van der Waals surface area contributed by atoms with Gasteiger partial charge in [-0.25, -0.2) is 0 Å². The lowest BCUT2D eigenvalue weighted by Crippen LogP contribution is -2.35. The first kappa shape index (κ1) is 19.9. The Labute approximate surface area is 167 Å². The van der Waals surface area contributed by atoms with Gasteiger partial charge in [0.05, 0.1) is 18.7 Å². The molecule has 28 heavy (non-hydrogen) atoms. The maximum absolute atomic E-state index is 12.6. The molecule has 0 radical (unpaired) electrons. The third-order valence-electron chi connectivity index (χ3n) is 5.22. The monoisotopic (exact) mass is 377 g/mol. The minimum absolute atomic E-state index is 0.218. The zero-order chi connectivity index (χ0) is 19.8. The van der Waals surface area contributed by atoms with Gasteiger partial charge in [-0.1, -0.05) is 24.3 Å². The molecule has 0 N–H and O–H groups in total. The van der Waals surface area contributed by atoms with Crippen molar-refractivity contribution < 1.29 is 9.53 Å². The number of ether oxygens (including phenoxy) is 1. The van der Waals surface area contributed by atoms with Crippen LogP contribution in [0.1, 0.15) is 29.5 Å². The number of aryl methyl sites for hydroxylation is 1. The standard InChI is InChI=1S/C23H27N3O2/c1-28-22-10-7-21(8-11-22)18-25-13-2-14-26(16-15-25)23(27)12-9-19-3-5-20(17-24)6-4-19/h3-8,10-11H,2,9,12-16,18H2,1H3. The van der Waals surface area contributed by atoms with E-state index in [0.29, 0.717) is 12.0 Å². The van der Waals surface area contributed by atoms with E-state index < -0.39 is 0 Å². The van der Waals surface area contributed by atoms with Gasteiger partial charge in [0.1, 0.15) is 5.75 Å². The van der Waals surface area contributed by atoms with Crippen LogP contribution in [0, 0.1) is 11.3 Å². The largest absolute Gasteiger partial charge is 0.497 e. The van der Waals surface area contributed by atoms with Crippen molar-refractivity contribution in [2.75, 3.05) is 33.3 Å². The Morgan fingerprint density at radius 1 is 1.00 bits per heavy atom. The molecule has 1 heterocycles. The van der Waals surface area contributed by atoms with Crippen molar-refractivity contribution in [2.24, 2.45) is 0 Å². The van der Waals surface area contributed by atoms with Gasteiger partial charge in [-0.05, 0) is 48.2 Å². The number of rotatable bonds is 6. The summed E-state index contributed by atoms with van der Waals surface area (Å²) in [5.74, 6) is 1.09. The Bertz CT molecular complexity index is 809. The summed E-state index contributed by atoms with van der Waals surface area (Å²) in [7, 11) is 1.68. The van der Waals surface area contributed by atoms with Crippen molar-refractivity contribution >= 4 is 5.91 Å². The average molecular weight is 377 g/mol. The van der Waals surface area contributed by atoms with Gasteiger partial charge in [0.2, 0.25) is 5.91 Å². The van der Waals surface area contributed by atoms with Crippen LogP contribution in [0.2, 0.25) is 0 Å². The zero-order valence-electron chi connectivity index (χ0n) is 16.4. The fourth-order valence-electron chi connectivity index (χ4n) is 3.52. The van der Waals surface area contributed by atoms with Crippen LogP contribution in [0.3, 0.4) is 0 Å². The van der Waals surface area contributed by atoms with Gasteiger partial charge in [-0.15, -0.1) is 0 Å².